The van der Waals surface area contributed by atoms with E-state index in [9.17, 15) is 4.79 Å². The van der Waals surface area contributed by atoms with Crippen LogP contribution >= 0.6 is 15.9 Å². The van der Waals surface area contributed by atoms with Crippen molar-refractivity contribution in [3.05, 3.63) is 76.0 Å². The summed E-state index contributed by atoms with van der Waals surface area (Å²) in [6, 6.07) is 15.1. The lowest BCUT2D eigenvalue weighted by Crippen LogP contribution is -2.14. The zero-order valence-electron chi connectivity index (χ0n) is 13.9. The maximum absolute atomic E-state index is 12.4. The van der Waals surface area contributed by atoms with E-state index in [4.69, 9.17) is 0 Å². The quantitative estimate of drug-likeness (QED) is 0.661. The van der Waals surface area contributed by atoms with Crippen LogP contribution in [0.25, 0.3) is 0 Å². The summed E-state index contributed by atoms with van der Waals surface area (Å²) in [5.41, 5.74) is 4.07. The molecule has 1 amide bonds. The summed E-state index contributed by atoms with van der Waals surface area (Å²) in [5, 5.41) is 5.96. The van der Waals surface area contributed by atoms with E-state index in [2.05, 4.69) is 36.5 Å². The number of benzene rings is 2. The van der Waals surface area contributed by atoms with Gasteiger partial charge >= 0.3 is 0 Å². The van der Waals surface area contributed by atoms with Crippen molar-refractivity contribution >= 4 is 39.2 Å². The monoisotopic (exact) mass is 396 g/mol. The number of nitrogens with zero attached hydrogens (tertiary/aromatic N) is 2. The summed E-state index contributed by atoms with van der Waals surface area (Å²) in [5.74, 6) is 0.0988. The van der Waals surface area contributed by atoms with Crippen molar-refractivity contribution in [2.24, 2.45) is 0 Å². The molecule has 25 heavy (non-hydrogen) atoms. The lowest BCUT2D eigenvalue weighted by Gasteiger charge is -2.09. The van der Waals surface area contributed by atoms with Crippen LogP contribution in [0.5, 0.6) is 0 Å². The lowest BCUT2D eigenvalue weighted by atomic mass is 10.2. The largest absolute Gasteiger partial charge is 0.324 e. The highest BCUT2D eigenvalue weighted by Crippen LogP contribution is 2.21. The van der Waals surface area contributed by atoms with Gasteiger partial charge in [-0.2, -0.15) is 0 Å². The third-order valence-corrected chi connectivity index (χ3v) is 4.47. The van der Waals surface area contributed by atoms with Gasteiger partial charge in [0, 0.05) is 22.0 Å². The topological polar surface area (TPSA) is 66.9 Å². The number of hydrogen-bond donors (Lipinski definition) is 2. The Balaban J connectivity index is 1.76. The minimum absolute atomic E-state index is 0.275. The van der Waals surface area contributed by atoms with Crippen molar-refractivity contribution in [1.82, 2.24) is 9.97 Å². The Kier molecular flexibility index (Phi) is 5.09. The van der Waals surface area contributed by atoms with Gasteiger partial charge in [-0.3, -0.25) is 4.79 Å². The highest BCUT2D eigenvalue weighted by molar-refractivity contribution is 9.10. The van der Waals surface area contributed by atoms with E-state index >= 15 is 0 Å². The fourth-order valence-corrected chi connectivity index (χ4v) is 2.56. The molecule has 2 aromatic carbocycles. The van der Waals surface area contributed by atoms with Crippen molar-refractivity contribution in [3.8, 4) is 0 Å². The second-order valence-electron chi connectivity index (χ2n) is 5.68. The molecular formula is C19H17BrN4O. The van der Waals surface area contributed by atoms with Gasteiger partial charge in [0.2, 0.25) is 5.95 Å². The van der Waals surface area contributed by atoms with Crippen molar-refractivity contribution in [2.45, 2.75) is 13.8 Å². The van der Waals surface area contributed by atoms with Crippen LogP contribution in [0.2, 0.25) is 0 Å². The number of rotatable bonds is 4. The van der Waals surface area contributed by atoms with Crippen LogP contribution in [0.3, 0.4) is 0 Å². The van der Waals surface area contributed by atoms with Gasteiger partial charge in [-0.1, -0.05) is 28.1 Å². The summed E-state index contributed by atoms with van der Waals surface area (Å²) in [7, 11) is 0. The molecule has 126 valence electrons. The van der Waals surface area contributed by atoms with Crippen molar-refractivity contribution < 1.29 is 4.79 Å². The van der Waals surface area contributed by atoms with Gasteiger partial charge < -0.3 is 10.6 Å². The van der Waals surface area contributed by atoms with Crippen molar-refractivity contribution in [1.29, 1.82) is 0 Å². The third kappa shape index (κ3) is 4.42. The van der Waals surface area contributed by atoms with E-state index in [0.29, 0.717) is 11.6 Å². The molecule has 0 saturated carbocycles. The number of carbonyl (C=O) groups is 1. The van der Waals surface area contributed by atoms with E-state index in [0.717, 1.165) is 27.0 Å². The van der Waals surface area contributed by atoms with Gasteiger partial charge in [-0.05, 0) is 61.4 Å². The van der Waals surface area contributed by atoms with E-state index in [1.54, 1.807) is 12.3 Å². The zero-order valence-corrected chi connectivity index (χ0v) is 15.5. The molecule has 0 spiro atoms. The number of aryl methyl sites for hydroxylation is 2. The second-order valence-corrected chi connectivity index (χ2v) is 6.53. The highest BCUT2D eigenvalue weighted by Gasteiger charge is 2.10. The Morgan fingerprint density at radius 3 is 2.64 bits per heavy atom. The Morgan fingerprint density at radius 2 is 1.88 bits per heavy atom. The predicted octanol–water partition coefficient (Wildman–Crippen LogP) is 4.85. The van der Waals surface area contributed by atoms with Crippen LogP contribution < -0.4 is 10.6 Å². The van der Waals surface area contributed by atoms with Crippen LogP contribution in [-0.2, 0) is 0 Å². The zero-order chi connectivity index (χ0) is 17.8. The molecule has 6 heteroatoms. The number of hydrogen-bond acceptors (Lipinski definition) is 4. The molecule has 0 bridgehead atoms. The van der Waals surface area contributed by atoms with Gasteiger partial charge in [-0.15, -0.1) is 0 Å². The summed E-state index contributed by atoms with van der Waals surface area (Å²) in [6.07, 6.45) is 1.56. The van der Waals surface area contributed by atoms with Gasteiger partial charge in [0.05, 0.1) is 0 Å². The average Bonchev–Trinajstić information content (AvgIpc) is 2.58. The first-order chi connectivity index (χ1) is 12.0. The maximum Gasteiger partial charge on any atom is 0.274 e. The molecule has 0 radical (unpaired) electrons. The summed E-state index contributed by atoms with van der Waals surface area (Å²) in [4.78, 5) is 20.9. The van der Waals surface area contributed by atoms with Gasteiger partial charge in [-0.25, -0.2) is 9.97 Å². The Labute approximate surface area is 154 Å². The lowest BCUT2D eigenvalue weighted by molar-refractivity contribution is 0.102. The molecule has 0 fully saturated rings. The SMILES string of the molecule is Cc1cccc(NC(=O)c2ccnc(Nc3ccc(Br)c(C)c3)n2)c1. The van der Waals surface area contributed by atoms with Gasteiger partial charge in [0.15, 0.2) is 0 Å². The fraction of sp³-hybridized carbons (Fsp3) is 0.105. The fourth-order valence-electron chi connectivity index (χ4n) is 2.31. The molecule has 0 atom stereocenters. The van der Waals surface area contributed by atoms with Crippen LogP contribution in [0.4, 0.5) is 17.3 Å². The molecule has 0 aliphatic carbocycles. The van der Waals surface area contributed by atoms with Crippen LogP contribution in [0.15, 0.2) is 59.2 Å². The predicted molar refractivity (Wildman–Crippen MR) is 103 cm³/mol. The number of carbonyl (C=O) groups excluding carboxylic acids is 1. The molecule has 2 N–H and O–H groups in total. The maximum atomic E-state index is 12.4. The number of anilines is 3. The first-order valence-electron chi connectivity index (χ1n) is 7.75. The molecule has 0 aliphatic heterocycles. The molecule has 0 unspecified atom stereocenters. The highest BCUT2D eigenvalue weighted by atomic mass is 79.9. The van der Waals surface area contributed by atoms with E-state index in [1.807, 2.05) is 56.3 Å². The Bertz CT molecular complexity index is 927. The van der Waals surface area contributed by atoms with Crippen LogP contribution in [0.1, 0.15) is 21.6 Å². The van der Waals surface area contributed by atoms with E-state index in [-0.39, 0.29) is 5.91 Å². The molecule has 5 nitrogen and oxygen atoms in total. The van der Waals surface area contributed by atoms with Gasteiger partial charge in [0.1, 0.15) is 5.69 Å². The summed E-state index contributed by atoms with van der Waals surface area (Å²) >= 11 is 3.47. The summed E-state index contributed by atoms with van der Waals surface area (Å²) < 4.78 is 1.03. The third-order valence-electron chi connectivity index (χ3n) is 3.58. The number of nitrogens with one attached hydrogen (secondary N) is 2. The van der Waals surface area contributed by atoms with Crippen LogP contribution in [0, 0.1) is 13.8 Å². The molecule has 3 rings (SSSR count). The molecule has 0 aliphatic rings. The van der Waals surface area contributed by atoms with E-state index in [1.165, 1.54) is 0 Å². The summed E-state index contributed by atoms with van der Waals surface area (Å²) in [6.45, 7) is 3.98. The number of aromatic nitrogens is 2. The molecule has 1 aromatic heterocycles. The smallest absolute Gasteiger partial charge is 0.274 e. The molecular weight excluding hydrogens is 380 g/mol. The normalized spacial score (nSPS) is 10.4. The minimum atomic E-state index is -0.275. The van der Waals surface area contributed by atoms with Gasteiger partial charge in [0.25, 0.3) is 5.91 Å². The number of halogens is 1. The molecule has 1 heterocycles. The first kappa shape index (κ1) is 17.1. The Hall–Kier alpha value is -2.73. The average molecular weight is 397 g/mol. The van der Waals surface area contributed by atoms with E-state index < -0.39 is 0 Å². The molecule has 0 saturated heterocycles. The van der Waals surface area contributed by atoms with Crippen molar-refractivity contribution in [3.63, 3.8) is 0 Å². The Morgan fingerprint density at radius 1 is 1.04 bits per heavy atom. The molecule has 3 aromatic rings. The van der Waals surface area contributed by atoms with Crippen LogP contribution in [-0.4, -0.2) is 15.9 Å². The first-order valence-corrected chi connectivity index (χ1v) is 8.55. The second kappa shape index (κ2) is 7.44. The minimum Gasteiger partial charge on any atom is -0.324 e. The standard InChI is InChI=1S/C19H17BrN4O/c1-12-4-3-5-14(10-12)22-18(25)17-8-9-21-19(24-17)23-15-6-7-16(20)13(2)11-15/h3-11H,1-2H3,(H,22,25)(H,21,23,24). The number of amides is 1. The van der Waals surface area contributed by atoms with Crippen molar-refractivity contribution in [2.75, 3.05) is 10.6 Å².